The second-order valence-corrected chi connectivity index (χ2v) is 7.44. The molecule has 4 heterocycles. The second kappa shape index (κ2) is 7.50. The molecule has 27 heavy (non-hydrogen) atoms. The van der Waals surface area contributed by atoms with E-state index in [-0.39, 0.29) is 17.4 Å². The topological polar surface area (TPSA) is 82.2 Å². The highest BCUT2D eigenvalue weighted by molar-refractivity contribution is 5.95. The highest BCUT2D eigenvalue weighted by Crippen LogP contribution is 2.28. The Labute approximate surface area is 158 Å². The van der Waals surface area contributed by atoms with Gasteiger partial charge in [-0.2, -0.15) is 0 Å². The smallest absolute Gasteiger partial charge is 0.254 e. The maximum absolute atomic E-state index is 12.7. The number of aromatic nitrogens is 3. The molecule has 0 radical (unpaired) electrons. The average molecular weight is 367 g/mol. The summed E-state index contributed by atoms with van der Waals surface area (Å²) in [5.41, 5.74) is 1.44. The molecule has 1 amide bonds. The number of aryl methyl sites for hydroxylation is 1. The number of anilines is 1. The van der Waals surface area contributed by atoms with Crippen LogP contribution in [0.1, 0.15) is 53.5 Å². The van der Waals surface area contributed by atoms with Gasteiger partial charge in [-0.05, 0) is 44.7 Å². The molecule has 2 saturated heterocycles. The highest BCUT2D eigenvalue weighted by Gasteiger charge is 2.25. The molecule has 2 aliphatic rings. The van der Waals surface area contributed by atoms with Crippen molar-refractivity contribution in [1.82, 2.24) is 19.9 Å². The standard InChI is InChI=1S/C20H25N5O2/c1-14-22-17(12-19(26)23-14)16-5-4-10-25(13-16)18-11-15(6-7-21-18)20(27)24-8-2-3-9-24/h6-7,11-12,16H,2-5,8-10,13H2,1H3,(H,22,23,26)/t16-/m0/s1. The van der Waals surface area contributed by atoms with Crippen molar-refractivity contribution in [1.29, 1.82) is 0 Å². The number of carbonyl (C=O) groups excluding carboxylic acids is 1. The van der Waals surface area contributed by atoms with Crippen LogP contribution >= 0.6 is 0 Å². The predicted octanol–water partition coefficient (Wildman–Crippen LogP) is 2.09. The van der Waals surface area contributed by atoms with Crippen molar-refractivity contribution in [2.75, 3.05) is 31.1 Å². The Morgan fingerprint density at radius 1 is 1.19 bits per heavy atom. The molecule has 0 saturated carbocycles. The van der Waals surface area contributed by atoms with E-state index in [1.54, 1.807) is 25.3 Å². The number of amides is 1. The minimum absolute atomic E-state index is 0.0941. The molecule has 7 heteroatoms. The minimum Gasteiger partial charge on any atom is -0.356 e. The van der Waals surface area contributed by atoms with Crippen LogP contribution in [0.15, 0.2) is 29.2 Å². The molecule has 2 fully saturated rings. The third-order valence-electron chi connectivity index (χ3n) is 5.43. The number of pyridine rings is 1. The molecule has 0 aromatic carbocycles. The van der Waals surface area contributed by atoms with E-state index in [2.05, 4.69) is 19.9 Å². The van der Waals surface area contributed by atoms with Gasteiger partial charge in [0, 0.05) is 49.9 Å². The van der Waals surface area contributed by atoms with Gasteiger partial charge in [0.15, 0.2) is 0 Å². The van der Waals surface area contributed by atoms with Gasteiger partial charge in [-0.1, -0.05) is 0 Å². The number of piperidine rings is 1. The Bertz CT molecular complexity index is 888. The van der Waals surface area contributed by atoms with E-state index in [0.29, 0.717) is 11.4 Å². The molecule has 2 aromatic rings. The number of hydrogen-bond donors (Lipinski definition) is 1. The summed E-state index contributed by atoms with van der Waals surface area (Å²) in [4.78, 5) is 40.3. The quantitative estimate of drug-likeness (QED) is 0.898. The fourth-order valence-corrected chi connectivity index (χ4v) is 4.07. The summed E-state index contributed by atoms with van der Waals surface area (Å²) in [5.74, 6) is 1.76. The van der Waals surface area contributed by atoms with Crippen LogP contribution in [0, 0.1) is 6.92 Å². The first-order chi connectivity index (χ1) is 13.1. The molecule has 2 aromatic heterocycles. The Morgan fingerprint density at radius 3 is 2.78 bits per heavy atom. The van der Waals surface area contributed by atoms with E-state index < -0.39 is 0 Å². The van der Waals surface area contributed by atoms with Gasteiger partial charge in [0.25, 0.3) is 11.5 Å². The normalized spacial score (nSPS) is 20.1. The van der Waals surface area contributed by atoms with Crippen molar-refractivity contribution in [2.45, 2.75) is 38.5 Å². The van der Waals surface area contributed by atoms with Crippen LogP contribution in [-0.4, -0.2) is 51.9 Å². The van der Waals surface area contributed by atoms with E-state index in [4.69, 9.17) is 0 Å². The SMILES string of the molecule is Cc1nc([C@H]2CCCN(c3cc(C(=O)N4CCCC4)ccn3)C2)cc(=O)[nH]1. The molecule has 4 rings (SSSR count). The van der Waals surface area contributed by atoms with Crippen molar-refractivity contribution in [2.24, 2.45) is 0 Å². The van der Waals surface area contributed by atoms with Gasteiger partial charge in [0.1, 0.15) is 11.6 Å². The Morgan fingerprint density at radius 2 is 2.00 bits per heavy atom. The van der Waals surface area contributed by atoms with Gasteiger partial charge >= 0.3 is 0 Å². The number of rotatable bonds is 3. The summed E-state index contributed by atoms with van der Waals surface area (Å²) in [6, 6.07) is 5.30. The number of H-pyrrole nitrogens is 1. The number of nitrogens with one attached hydrogen (secondary N) is 1. The summed E-state index contributed by atoms with van der Waals surface area (Å²) in [6.07, 6.45) is 5.89. The van der Waals surface area contributed by atoms with E-state index in [9.17, 15) is 9.59 Å². The Kier molecular flexibility index (Phi) is 4.92. The van der Waals surface area contributed by atoms with Gasteiger partial charge in [-0.25, -0.2) is 9.97 Å². The number of hydrogen-bond acceptors (Lipinski definition) is 5. The molecule has 1 atom stereocenters. The zero-order valence-electron chi connectivity index (χ0n) is 15.6. The van der Waals surface area contributed by atoms with E-state index in [0.717, 1.165) is 63.4 Å². The lowest BCUT2D eigenvalue weighted by Gasteiger charge is -2.33. The monoisotopic (exact) mass is 367 g/mol. The fourth-order valence-electron chi connectivity index (χ4n) is 4.07. The number of nitrogens with zero attached hydrogens (tertiary/aromatic N) is 4. The zero-order chi connectivity index (χ0) is 18.8. The summed E-state index contributed by atoms with van der Waals surface area (Å²) in [6.45, 7) is 5.14. The van der Waals surface area contributed by atoms with Crippen LogP contribution in [0.3, 0.4) is 0 Å². The number of aromatic amines is 1. The maximum Gasteiger partial charge on any atom is 0.254 e. The molecule has 0 spiro atoms. The van der Waals surface area contributed by atoms with E-state index >= 15 is 0 Å². The number of carbonyl (C=O) groups is 1. The summed E-state index contributed by atoms with van der Waals surface area (Å²) < 4.78 is 0. The van der Waals surface area contributed by atoms with Crippen molar-refractivity contribution in [3.05, 3.63) is 51.8 Å². The lowest BCUT2D eigenvalue weighted by Crippen LogP contribution is -2.36. The number of likely N-dealkylation sites (tertiary alicyclic amines) is 1. The zero-order valence-corrected chi connectivity index (χ0v) is 15.6. The molecular weight excluding hydrogens is 342 g/mol. The molecule has 0 unspecified atom stereocenters. The molecule has 1 N–H and O–H groups in total. The molecule has 7 nitrogen and oxygen atoms in total. The Balaban J connectivity index is 1.53. The van der Waals surface area contributed by atoms with Crippen molar-refractivity contribution in [3.8, 4) is 0 Å². The van der Waals surface area contributed by atoms with Gasteiger partial charge in [0.05, 0.1) is 5.69 Å². The third-order valence-corrected chi connectivity index (χ3v) is 5.43. The Hall–Kier alpha value is -2.70. The summed E-state index contributed by atoms with van der Waals surface area (Å²) in [5, 5.41) is 0. The lowest BCUT2D eigenvalue weighted by atomic mass is 9.94. The molecule has 142 valence electrons. The van der Waals surface area contributed by atoms with Crippen LogP contribution < -0.4 is 10.5 Å². The highest BCUT2D eigenvalue weighted by atomic mass is 16.2. The fraction of sp³-hybridized carbons (Fsp3) is 0.500. The lowest BCUT2D eigenvalue weighted by molar-refractivity contribution is 0.0792. The maximum atomic E-state index is 12.7. The third kappa shape index (κ3) is 3.86. The predicted molar refractivity (Wildman–Crippen MR) is 103 cm³/mol. The van der Waals surface area contributed by atoms with Crippen LogP contribution in [0.4, 0.5) is 5.82 Å². The first kappa shape index (κ1) is 17.7. The van der Waals surface area contributed by atoms with Crippen LogP contribution in [0.25, 0.3) is 0 Å². The van der Waals surface area contributed by atoms with Crippen molar-refractivity contribution in [3.63, 3.8) is 0 Å². The van der Waals surface area contributed by atoms with Crippen LogP contribution in [0.5, 0.6) is 0 Å². The van der Waals surface area contributed by atoms with Gasteiger partial charge in [0.2, 0.25) is 0 Å². The van der Waals surface area contributed by atoms with Crippen molar-refractivity contribution < 1.29 is 4.79 Å². The molecule has 2 aliphatic heterocycles. The molecule has 0 aliphatic carbocycles. The van der Waals surface area contributed by atoms with Crippen LogP contribution in [-0.2, 0) is 0 Å². The van der Waals surface area contributed by atoms with Gasteiger partial charge in [-0.15, -0.1) is 0 Å². The first-order valence-electron chi connectivity index (χ1n) is 9.68. The average Bonchev–Trinajstić information content (AvgIpc) is 3.22. The van der Waals surface area contributed by atoms with Gasteiger partial charge in [-0.3, -0.25) is 9.59 Å². The minimum atomic E-state index is -0.106. The second-order valence-electron chi connectivity index (χ2n) is 7.44. The van der Waals surface area contributed by atoms with E-state index in [1.165, 1.54) is 0 Å². The summed E-state index contributed by atoms with van der Waals surface area (Å²) >= 11 is 0. The van der Waals surface area contributed by atoms with E-state index in [1.807, 2.05) is 11.0 Å². The van der Waals surface area contributed by atoms with Gasteiger partial charge < -0.3 is 14.8 Å². The molecule has 0 bridgehead atoms. The first-order valence-corrected chi connectivity index (χ1v) is 9.68. The van der Waals surface area contributed by atoms with Crippen molar-refractivity contribution >= 4 is 11.7 Å². The summed E-state index contributed by atoms with van der Waals surface area (Å²) in [7, 11) is 0. The van der Waals surface area contributed by atoms with Crippen LogP contribution in [0.2, 0.25) is 0 Å². The largest absolute Gasteiger partial charge is 0.356 e. The molecular formula is C20H25N5O2.